The van der Waals surface area contributed by atoms with Crippen LogP contribution in [0.1, 0.15) is 5.56 Å². The number of alkyl halides is 3. The summed E-state index contributed by atoms with van der Waals surface area (Å²) < 4.78 is 35.5. The Labute approximate surface area is 98.6 Å². The molecule has 1 aromatic rings. The third kappa shape index (κ3) is 6.91. The van der Waals surface area contributed by atoms with Gasteiger partial charge in [0.2, 0.25) is 0 Å². The Morgan fingerprint density at radius 2 is 2.18 bits per heavy atom. The standard InChI is InChI=1S/C11H16F3N3/c1-17(6-5-16-9-11(12,13)14)8-10-3-2-4-15-7-10/h2-4,7,16H,5-6,8-9H2,1H3. The van der Waals surface area contributed by atoms with E-state index in [4.69, 9.17) is 0 Å². The first-order valence-corrected chi connectivity index (χ1v) is 5.32. The van der Waals surface area contributed by atoms with E-state index in [9.17, 15) is 13.2 Å². The van der Waals surface area contributed by atoms with E-state index in [0.717, 1.165) is 5.56 Å². The molecular weight excluding hydrogens is 231 g/mol. The van der Waals surface area contributed by atoms with Crippen molar-refractivity contribution in [2.45, 2.75) is 12.7 Å². The van der Waals surface area contributed by atoms with Gasteiger partial charge in [-0.15, -0.1) is 0 Å². The van der Waals surface area contributed by atoms with Gasteiger partial charge in [0, 0.05) is 32.0 Å². The van der Waals surface area contributed by atoms with Crippen molar-refractivity contribution in [1.29, 1.82) is 0 Å². The molecule has 0 unspecified atom stereocenters. The van der Waals surface area contributed by atoms with E-state index in [-0.39, 0.29) is 0 Å². The SMILES string of the molecule is CN(CCNCC(F)(F)F)Cc1cccnc1. The van der Waals surface area contributed by atoms with Crippen molar-refractivity contribution in [2.75, 3.05) is 26.7 Å². The fraction of sp³-hybridized carbons (Fsp3) is 0.545. The smallest absolute Gasteiger partial charge is 0.307 e. The zero-order chi connectivity index (χ0) is 12.7. The summed E-state index contributed by atoms with van der Waals surface area (Å²) in [5.41, 5.74) is 1.05. The number of pyridine rings is 1. The molecule has 3 nitrogen and oxygen atoms in total. The van der Waals surface area contributed by atoms with Gasteiger partial charge in [-0.05, 0) is 18.7 Å². The summed E-state index contributed by atoms with van der Waals surface area (Å²) in [6.07, 6.45) is -0.698. The Morgan fingerprint density at radius 1 is 1.41 bits per heavy atom. The lowest BCUT2D eigenvalue weighted by Crippen LogP contribution is -2.34. The van der Waals surface area contributed by atoms with E-state index in [1.807, 2.05) is 24.1 Å². The van der Waals surface area contributed by atoms with Crippen LogP contribution in [0.2, 0.25) is 0 Å². The lowest BCUT2D eigenvalue weighted by atomic mass is 10.3. The maximum absolute atomic E-state index is 11.8. The predicted molar refractivity (Wildman–Crippen MR) is 59.5 cm³/mol. The van der Waals surface area contributed by atoms with Crippen molar-refractivity contribution in [3.05, 3.63) is 30.1 Å². The van der Waals surface area contributed by atoms with Gasteiger partial charge in [0.25, 0.3) is 0 Å². The highest BCUT2D eigenvalue weighted by Gasteiger charge is 2.25. The quantitative estimate of drug-likeness (QED) is 0.775. The molecule has 1 N–H and O–H groups in total. The number of nitrogens with one attached hydrogen (secondary N) is 1. The van der Waals surface area contributed by atoms with Crippen molar-refractivity contribution in [3.8, 4) is 0 Å². The normalized spacial score (nSPS) is 12.1. The molecule has 0 atom stereocenters. The minimum absolute atomic E-state index is 0.316. The molecule has 0 aromatic carbocycles. The number of nitrogens with zero attached hydrogens (tertiary/aromatic N) is 2. The summed E-state index contributed by atoms with van der Waals surface area (Å²) in [6.45, 7) is 0.622. The molecule has 0 bridgehead atoms. The summed E-state index contributed by atoms with van der Waals surface area (Å²) in [5.74, 6) is 0. The van der Waals surface area contributed by atoms with Gasteiger partial charge in [0.1, 0.15) is 0 Å². The van der Waals surface area contributed by atoms with E-state index in [1.54, 1.807) is 12.4 Å². The van der Waals surface area contributed by atoms with Gasteiger partial charge >= 0.3 is 6.18 Å². The molecule has 0 aliphatic carbocycles. The monoisotopic (exact) mass is 247 g/mol. The Bertz CT molecular complexity index is 313. The summed E-state index contributed by atoms with van der Waals surface area (Å²) in [4.78, 5) is 5.92. The Hall–Kier alpha value is -1.14. The van der Waals surface area contributed by atoms with Crippen LogP contribution in [-0.2, 0) is 6.54 Å². The molecule has 0 radical (unpaired) electrons. The second-order valence-corrected chi connectivity index (χ2v) is 3.89. The average molecular weight is 247 g/mol. The van der Waals surface area contributed by atoms with Crippen molar-refractivity contribution < 1.29 is 13.2 Å². The van der Waals surface area contributed by atoms with E-state index in [2.05, 4.69) is 10.3 Å². The van der Waals surface area contributed by atoms with Gasteiger partial charge in [-0.1, -0.05) is 6.07 Å². The van der Waals surface area contributed by atoms with Crippen molar-refractivity contribution in [3.63, 3.8) is 0 Å². The zero-order valence-corrected chi connectivity index (χ0v) is 9.67. The first-order chi connectivity index (χ1) is 7.97. The molecule has 0 saturated carbocycles. The summed E-state index contributed by atoms with van der Waals surface area (Å²) >= 11 is 0. The molecule has 0 saturated heterocycles. The third-order valence-electron chi connectivity index (χ3n) is 2.17. The van der Waals surface area contributed by atoms with Gasteiger partial charge in [0.05, 0.1) is 6.54 Å². The largest absolute Gasteiger partial charge is 0.401 e. The van der Waals surface area contributed by atoms with Crippen molar-refractivity contribution in [2.24, 2.45) is 0 Å². The lowest BCUT2D eigenvalue weighted by molar-refractivity contribution is -0.124. The van der Waals surface area contributed by atoms with E-state index in [1.165, 1.54) is 0 Å². The fourth-order valence-corrected chi connectivity index (χ4v) is 1.38. The van der Waals surface area contributed by atoms with Crippen LogP contribution in [0.4, 0.5) is 13.2 Å². The number of halogens is 3. The highest BCUT2D eigenvalue weighted by atomic mass is 19.4. The van der Waals surface area contributed by atoms with Crippen LogP contribution < -0.4 is 5.32 Å². The van der Waals surface area contributed by atoms with Gasteiger partial charge in [-0.3, -0.25) is 4.98 Å². The van der Waals surface area contributed by atoms with Crippen LogP contribution in [-0.4, -0.2) is 42.7 Å². The van der Waals surface area contributed by atoms with E-state index >= 15 is 0 Å². The van der Waals surface area contributed by atoms with Crippen LogP contribution in [0.25, 0.3) is 0 Å². The van der Waals surface area contributed by atoms with Gasteiger partial charge < -0.3 is 10.2 Å². The van der Waals surface area contributed by atoms with E-state index < -0.39 is 12.7 Å². The number of rotatable bonds is 6. The van der Waals surface area contributed by atoms with Gasteiger partial charge in [0.15, 0.2) is 0 Å². The van der Waals surface area contributed by atoms with Crippen LogP contribution >= 0.6 is 0 Å². The highest BCUT2D eigenvalue weighted by Crippen LogP contribution is 2.11. The first kappa shape index (κ1) is 13.9. The molecular formula is C11H16F3N3. The minimum atomic E-state index is -4.14. The van der Waals surface area contributed by atoms with Crippen LogP contribution in [0.15, 0.2) is 24.5 Å². The molecule has 0 fully saturated rings. The number of hydrogen-bond acceptors (Lipinski definition) is 3. The molecule has 1 rings (SSSR count). The Kier molecular flexibility index (Phi) is 5.37. The molecule has 1 aromatic heterocycles. The molecule has 0 amide bonds. The number of likely N-dealkylation sites (N-methyl/N-ethyl adjacent to an activating group) is 1. The Balaban J connectivity index is 2.16. The van der Waals surface area contributed by atoms with Crippen LogP contribution in [0.3, 0.4) is 0 Å². The molecule has 0 aliphatic rings. The van der Waals surface area contributed by atoms with Gasteiger partial charge in [-0.25, -0.2) is 0 Å². The summed E-state index contributed by atoms with van der Waals surface area (Å²) in [5, 5.41) is 2.36. The first-order valence-electron chi connectivity index (χ1n) is 5.32. The molecule has 17 heavy (non-hydrogen) atoms. The summed E-state index contributed by atoms with van der Waals surface area (Å²) in [7, 11) is 1.86. The van der Waals surface area contributed by atoms with E-state index in [0.29, 0.717) is 19.6 Å². The Morgan fingerprint density at radius 3 is 2.76 bits per heavy atom. The lowest BCUT2D eigenvalue weighted by Gasteiger charge is -2.17. The summed E-state index contributed by atoms with van der Waals surface area (Å²) in [6, 6.07) is 3.78. The number of hydrogen-bond donors (Lipinski definition) is 1. The molecule has 1 heterocycles. The van der Waals surface area contributed by atoms with Crippen LogP contribution in [0, 0.1) is 0 Å². The molecule has 0 aliphatic heterocycles. The van der Waals surface area contributed by atoms with Gasteiger partial charge in [-0.2, -0.15) is 13.2 Å². The predicted octanol–water partition coefficient (Wildman–Crippen LogP) is 1.67. The highest BCUT2D eigenvalue weighted by molar-refractivity contribution is 5.07. The van der Waals surface area contributed by atoms with Crippen molar-refractivity contribution >= 4 is 0 Å². The maximum atomic E-state index is 11.8. The molecule has 96 valence electrons. The maximum Gasteiger partial charge on any atom is 0.401 e. The average Bonchev–Trinajstić information content (AvgIpc) is 2.25. The third-order valence-corrected chi connectivity index (χ3v) is 2.17. The fourth-order valence-electron chi connectivity index (χ4n) is 1.38. The number of aromatic nitrogens is 1. The topological polar surface area (TPSA) is 28.2 Å². The molecule has 0 spiro atoms. The van der Waals surface area contributed by atoms with Crippen molar-refractivity contribution in [1.82, 2.24) is 15.2 Å². The second-order valence-electron chi connectivity index (χ2n) is 3.89. The zero-order valence-electron chi connectivity index (χ0n) is 9.67. The van der Waals surface area contributed by atoms with Crippen LogP contribution in [0.5, 0.6) is 0 Å². The second kappa shape index (κ2) is 6.56. The minimum Gasteiger partial charge on any atom is -0.307 e. The molecule has 6 heteroatoms.